The number of hydrogen-bond donors (Lipinski definition) is 2. The van der Waals surface area contributed by atoms with Crippen molar-refractivity contribution >= 4 is 16.0 Å². The molecule has 0 fully saturated rings. The molecule has 0 aliphatic heterocycles. The summed E-state index contributed by atoms with van der Waals surface area (Å²) in [6, 6.07) is 6.02. The van der Waals surface area contributed by atoms with Gasteiger partial charge in [-0.1, -0.05) is 13.8 Å². The number of aliphatic carboxylic acids is 1. The Morgan fingerprint density at radius 3 is 2.33 bits per heavy atom. The van der Waals surface area contributed by atoms with E-state index in [1.54, 1.807) is 20.8 Å². The molecule has 0 radical (unpaired) electrons. The molecule has 0 aliphatic carbocycles. The highest BCUT2D eigenvalue weighted by molar-refractivity contribution is 7.89. The number of benzene rings is 1. The van der Waals surface area contributed by atoms with Crippen molar-refractivity contribution in [2.75, 3.05) is 0 Å². The number of nitrogens with one attached hydrogen (secondary N) is 1. The summed E-state index contributed by atoms with van der Waals surface area (Å²) >= 11 is 0. The number of hydrogen-bond acceptors (Lipinski definition) is 4. The first-order chi connectivity index (χ1) is 9.72. The third-order valence-corrected chi connectivity index (χ3v) is 5.11. The summed E-state index contributed by atoms with van der Waals surface area (Å²) in [4.78, 5) is 11.3. The van der Waals surface area contributed by atoms with Crippen LogP contribution in [-0.2, 0) is 14.8 Å². The molecule has 114 valence electrons. The lowest BCUT2D eigenvalue weighted by Gasteiger charge is -2.27. The Balaban J connectivity index is 3.26. The van der Waals surface area contributed by atoms with E-state index in [1.165, 1.54) is 18.2 Å². The maximum absolute atomic E-state index is 12.4. The molecule has 0 saturated heterocycles. The second-order valence-electron chi connectivity index (χ2n) is 4.79. The van der Waals surface area contributed by atoms with Crippen LogP contribution >= 0.6 is 0 Å². The summed E-state index contributed by atoms with van der Waals surface area (Å²) in [6.07, 6.45) is 0.265. The highest BCUT2D eigenvalue weighted by Crippen LogP contribution is 2.21. The van der Waals surface area contributed by atoms with Gasteiger partial charge in [0.05, 0.1) is 16.5 Å². The van der Waals surface area contributed by atoms with Gasteiger partial charge in [-0.15, -0.1) is 0 Å². The Kier molecular flexibility index (Phi) is 5.10. The average Bonchev–Trinajstić information content (AvgIpc) is 2.44. The van der Waals surface area contributed by atoms with Gasteiger partial charge >= 0.3 is 5.97 Å². The molecule has 6 nitrogen and oxygen atoms in total. The van der Waals surface area contributed by atoms with Crippen LogP contribution in [0.1, 0.15) is 37.8 Å². The Hall–Kier alpha value is -1.91. The van der Waals surface area contributed by atoms with Crippen LogP contribution < -0.4 is 4.72 Å². The Labute approximate surface area is 124 Å². The van der Waals surface area contributed by atoms with E-state index in [0.717, 1.165) is 0 Å². The van der Waals surface area contributed by atoms with E-state index in [-0.39, 0.29) is 17.7 Å². The van der Waals surface area contributed by atoms with Crippen molar-refractivity contribution in [2.45, 2.75) is 44.0 Å². The number of nitrogens with zero attached hydrogens (tertiary/aromatic N) is 1. The molecule has 0 amide bonds. The summed E-state index contributed by atoms with van der Waals surface area (Å²) in [6.45, 7) is 4.86. The Bertz CT molecular complexity index is 685. The molecule has 0 unspecified atom stereocenters. The van der Waals surface area contributed by atoms with Crippen molar-refractivity contribution in [3.63, 3.8) is 0 Å². The van der Waals surface area contributed by atoms with Crippen molar-refractivity contribution in [3.8, 4) is 6.07 Å². The van der Waals surface area contributed by atoms with Gasteiger partial charge in [0.15, 0.2) is 0 Å². The van der Waals surface area contributed by atoms with Crippen LogP contribution in [0.4, 0.5) is 0 Å². The largest absolute Gasteiger partial charge is 0.480 e. The minimum atomic E-state index is -3.97. The first kappa shape index (κ1) is 17.1. The molecule has 0 aliphatic rings. The van der Waals surface area contributed by atoms with Gasteiger partial charge < -0.3 is 5.11 Å². The lowest BCUT2D eigenvalue weighted by atomic mass is 9.95. The van der Waals surface area contributed by atoms with Crippen LogP contribution in [0.3, 0.4) is 0 Å². The van der Waals surface area contributed by atoms with E-state index in [1.807, 2.05) is 6.07 Å². The predicted octanol–water partition coefficient (Wildman–Crippen LogP) is 1.79. The molecule has 0 bridgehead atoms. The third kappa shape index (κ3) is 3.40. The zero-order chi connectivity index (χ0) is 16.3. The van der Waals surface area contributed by atoms with E-state index >= 15 is 0 Å². The van der Waals surface area contributed by atoms with Crippen molar-refractivity contribution in [1.29, 1.82) is 5.26 Å². The van der Waals surface area contributed by atoms with Crippen molar-refractivity contribution in [2.24, 2.45) is 0 Å². The van der Waals surface area contributed by atoms with E-state index in [9.17, 15) is 18.3 Å². The second kappa shape index (κ2) is 6.24. The van der Waals surface area contributed by atoms with Crippen LogP contribution in [0.25, 0.3) is 0 Å². The minimum Gasteiger partial charge on any atom is -0.480 e. The molecule has 0 spiro atoms. The van der Waals surface area contributed by atoms with Gasteiger partial charge in [-0.2, -0.15) is 9.98 Å². The van der Waals surface area contributed by atoms with Crippen molar-refractivity contribution in [1.82, 2.24) is 4.72 Å². The summed E-state index contributed by atoms with van der Waals surface area (Å²) < 4.78 is 27.0. The van der Waals surface area contributed by atoms with Gasteiger partial charge in [0.25, 0.3) is 0 Å². The second-order valence-corrected chi connectivity index (χ2v) is 6.47. The third-order valence-electron chi connectivity index (χ3n) is 3.57. The van der Waals surface area contributed by atoms with Gasteiger partial charge in [0.2, 0.25) is 10.0 Å². The normalized spacial score (nSPS) is 11.9. The summed E-state index contributed by atoms with van der Waals surface area (Å²) in [5.41, 5.74) is -0.626. The van der Waals surface area contributed by atoms with Gasteiger partial charge in [0, 0.05) is 0 Å². The molecule has 7 heteroatoms. The number of carboxylic acids is 1. The molecule has 2 N–H and O–H groups in total. The summed E-state index contributed by atoms with van der Waals surface area (Å²) in [7, 11) is -3.97. The van der Waals surface area contributed by atoms with Crippen molar-refractivity contribution in [3.05, 3.63) is 29.3 Å². The van der Waals surface area contributed by atoms with Crippen molar-refractivity contribution < 1.29 is 18.3 Å². The van der Waals surface area contributed by atoms with Crippen LogP contribution in [0.15, 0.2) is 23.1 Å². The predicted molar refractivity (Wildman–Crippen MR) is 77.2 cm³/mol. The summed E-state index contributed by atoms with van der Waals surface area (Å²) in [5, 5.41) is 18.2. The smallest absolute Gasteiger partial charge is 0.324 e. The van der Waals surface area contributed by atoms with E-state index < -0.39 is 21.5 Å². The van der Waals surface area contributed by atoms with Gasteiger partial charge in [-0.25, -0.2) is 8.42 Å². The molecule has 1 rings (SSSR count). The van der Waals surface area contributed by atoms with Gasteiger partial charge in [-0.3, -0.25) is 4.79 Å². The maximum Gasteiger partial charge on any atom is 0.324 e. The Morgan fingerprint density at radius 2 is 1.95 bits per heavy atom. The quantitative estimate of drug-likeness (QED) is 0.833. The SMILES string of the molecule is CCC(CC)(NS(=O)(=O)c1ccc(C#N)c(C)c1)C(=O)O. The van der Waals surface area contributed by atoms with Gasteiger partial charge in [0.1, 0.15) is 5.54 Å². The van der Waals surface area contributed by atoms with Crippen LogP contribution in [0, 0.1) is 18.3 Å². The molecular formula is C14H18N2O4S. The van der Waals surface area contributed by atoms with Gasteiger partial charge in [-0.05, 0) is 43.5 Å². The monoisotopic (exact) mass is 310 g/mol. The molecule has 0 atom stereocenters. The number of nitriles is 1. The fourth-order valence-electron chi connectivity index (χ4n) is 1.99. The van der Waals surface area contributed by atoms with Crippen LogP contribution in [-0.4, -0.2) is 25.0 Å². The fraction of sp³-hybridized carbons (Fsp3) is 0.429. The first-order valence-electron chi connectivity index (χ1n) is 6.50. The number of rotatable bonds is 6. The first-order valence-corrected chi connectivity index (χ1v) is 7.99. The number of carboxylic acid groups (broad SMARTS) is 1. The molecule has 0 heterocycles. The minimum absolute atomic E-state index is 0.0495. The molecule has 1 aromatic carbocycles. The summed E-state index contributed by atoms with van der Waals surface area (Å²) in [5.74, 6) is -1.21. The molecule has 1 aromatic rings. The Morgan fingerprint density at radius 1 is 1.38 bits per heavy atom. The molecule has 21 heavy (non-hydrogen) atoms. The highest BCUT2D eigenvalue weighted by Gasteiger charge is 2.39. The lowest BCUT2D eigenvalue weighted by Crippen LogP contribution is -2.53. The lowest BCUT2D eigenvalue weighted by molar-refractivity contribution is -0.144. The standard InChI is InChI=1S/C14H18N2O4S/c1-4-14(5-2,13(17)18)16-21(19,20)12-7-6-11(9-15)10(3)8-12/h6-8,16H,4-5H2,1-3H3,(H,17,18). The molecule has 0 aromatic heterocycles. The molecule has 0 saturated carbocycles. The van der Waals surface area contributed by atoms with Crippen LogP contribution in [0.2, 0.25) is 0 Å². The average molecular weight is 310 g/mol. The number of sulfonamides is 1. The molecular weight excluding hydrogens is 292 g/mol. The van der Waals surface area contributed by atoms with E-state index in [4.69, 9.17) is 5.26 Å². The zero-order valence-corrected chi connectivity index (χ0v) is 13.0. The topological polar surface area (TPSA) is 107 Å². The number of aryl methyl sites for hydroxylation is 1. The maximum atomic E-state index is 12.4. The van der Waals surface area contributed by atoms with E-state index in [2.05, 4.69) is 4.72 Å². The fourth-order valence-corrected chi connectivity index (χ4v) is 3.57. The van der Waals surface area contributed by atoms with Crippen LogP contribution in [0.5, 0.6) is 0 Å². The zero-order valence-electron chi connectivity index (χ0n) is 12.2. The van der Waals surface area contributed by atoms with E-state index in [0.29, 0.717) is 11.1 Å². The number of carbonyl (C=O) groups is 1. The highest BCUT2D eigenvalue weighted by atomic mass is 32.2.